The molecule has 0 aliphatic carbocycles. The summed E-state index contributed by atoms with van der Waals surface area (Å²) < 4.78 is 38.7. The molecule has 5 rings (SSSR count). The van der Waals surface area contributed by atoms with Crippen LogP contribution in [-0.2, 0) is 6.18 Å². The maximum atomic E-state index is 13.5. The van der Waals surface area contributed by atoms with E-state index in [1.54, 1.807) is 52.3 Å². The van der Waals surface area contributed by atoms with Gasteiger partial charge in [0, 0.05) is 66.9 Å². The monoisotopic (exact) mass is 599 g/mol. The van der Waals surface area contributed by atoms with E-state index in [0.29, 0.717) is 66.9 Å². The number of nitrogens with one attached hydrogen (secondary N) is 2. The first-order valence-corrected chi connectivity index (χ1v) is 13.9. The SMILES string of the molecule is O=C(Nc1ccc(N2CCN(C(=O)Nc3cccc(Cl)c3)CC2)c(C(=O)N2CCCC2)c1)c1ccc(C(F)(F)F)cc1. The molecule has 8 nitrogen and oxygen atoms in total. The van der Waals surface area contributed by atoms with Crippen molar-refractivity contribution in [2.75, 3.05) is 54.8 Å². The molecule has 0 radical (unpaired) electrons. The van der Waals surface area contributed by atoms with Gasteiger partial charge in [-0.3, -0.25) is 9.59 Å². The zero-order valence-electron chi connectivity index (χ0n) is 22.6. The van der Waals surface area contributed by atoms with Crippen molar-refractivity contribution in [3.05, 3.63) is 88.4 Å². The zero-order chi connectivity index (χ0) is 29.9. The first kappa shape index (κ1) is 29.2. The molecule has 0 aromatic heterocycles. The van der Waals surface area contributed by atoms with Gasteiger partial charge in [0.05, 0.1) is 11.1 Å². The molecule has 2 fully saturated rings. The molecule has 220 valence electrons. The van der Waals surface area contributed by atoms with Crippen molar-refractivity contribution in [1.82, 2.24) is 9.80 Å². The highest BCUT2D eigenvalue weighted by molar-refractivity contribution is 6.30. The number of urea groups is 1. The minimum atomic E-state index is -4.50. The van der Waals surface area contributed by atoms with Crippen molar-refractivity contribution in [3.63, 3.8) is 0 Å². The lowest BCUT2D eigenvalue weighted by Crippen LogP contribution is -2.50. The Balaban J connectivity index is 1.30. The van der Waals surface area contributed by atoms with Crippen molar-refractivity contribution in [1.29, 1.82) is 0 Å². The lowest BCUT2D eigenvalue weighted by Gasteiger charge is -2.37. The molecular weight excluding hydrogens is 571 g/mol. The Kier molecular flexibility index (Phi) is 8.58. The second-order valence-electron chi connectivity index (χ2n) is 10.2. The summed E-state index contributed by atoms with van der Waals surface area (Å²) in [6.07, 6.45) is -2.68. The second kappa shape index (κ2) is 12.3. The number of likely N-dealkylation sites (tertiary alicyclic amines) is 1. The molecule has 2 aliphatic heterocycles. The van der Waals surface area contributed by atoms with E-state index in [0.717, 1.165) is 37.1 Å². The molecule has 0 bridgehead atoms. The van der Waals surface area contributed by atoms with Gasteiger partial charge in [0.25, 0.3) is 11.8 Å². The Bertz CT molecular complexity index is 1470. The van der Waals surface area contributed by atoms with E-state index in [-0.39, 0.29) is 17.5 Å². The molecule has 2 saturated heterocycles. The van der Waals surface area contributed by atoms with Gasteiger partial charge in [-0.15, -0.1) is 0 Å². The van der Waals surface area contributed by atoms with Crippen LogP contribution in [0, 0.1) is 0 Å². The molecule has 3 aromatic carbocycles. The molecule has 0 atom stereocenters. The number of hydrogen-bond donors (Lipinski definition) is 2. The van der Waals surface area contributed by atoms with Crippen molar-refractivity contribution in [2.24, 2.45) is 0 Å². The summed E-state index contributed by atoms with van der Waals surface area (Å²) in [6, 6.07) is 15.6. The van der Waals surface area contributed by atoms with Crippen LogP contribution in [0.5, 0.6) is 0 Å². The normalized spacial score (nSPS) is 15.5. The molecular formula is C30H29ClF3N5O3. The molecule has 12 heteroatoms. The van der Waals surface area contributed by atoms with Crippen molar-refractivity contribution in [3.8, 4) is 0 Å². The molecule has 42 heavy (non-hydrogen) atoms. The third-order valence-electron chi connectivity index (χ3n) is 7.34. The Morgan fingerprint density at radius 2 is 1.40 bits per heavy atom. The fourth-order valence-electron chi connectivity index (χ4n) is 5.08. The first-order chi connectivity index (χ1) is 20.1. The van der Waals surface area contributed by atoms with E-state index in [1.165, 1.54) is 0 Å². The van der Waals surface area contributed by atoms with Crippen LogP contribution in [0.25, 0.3) is 0 Å². The van der Waals surface area contributed by atoms with Crippen LogP contribution in [0.4, 0.5) is 35.0 Å². The number of carbonyl (C=O) groups excluding carboxylic acids is 3. The van der Waals surface area contributed by atoms with Crippen LogP contribution in [-0.4, -0.2) is 66.9 Å². The predicted molar refractivity (Wildman–Crippen MR) is 155 cm³/mol. The van der Waals surface area contributed by atoms with E-state index in [4.69, 9.17) is 11.6 Å². The largest absolute Gasteiger partial charge is 0.416 e. The summed E-state index contributed by atoms with van der Waals surface area (Å²) >= 11 is 6.02. The average molecular weight is 600 g/mol. The van der Waals surface area contributed by atoms with E-state index in [9.17, 15) is 27.6 Å². The van der Waals surface area contributed by atoms with E-state index >= 15 is 0 Å². The minimum absolute atomic E-state index is 0.0617. The van der Waals surface area contributed by atoms with Gasteiger partial charge in [0.15, 0.2) is 0 Å². The number of carbonyl (C=O) groups is 3. The maximum absolute atomic E-state index is 13.5. The quantitative estimate of drug-likeness (QED) is 0.366. The number of alkyl halides is 3. The molecule has 4 amide bonds. The number of benzene rings is 3. The number of halogens is 4. The van der Waals surface area contributed by atoms with Gasteiger partial charge < -0.3 is 25.3 Å². The van der Waals surface area contributed by atoms with Crippen molar-refractivity contribution in [2.45, 2.75) is 19.0 Å². The Morgan fingerprint density at radius 3 is 2.05 bits per heavy atom. The van der Waals surface area contributed by atoms with Gasteiger partial charge in [0.1, 0.15) is 0 Å². The fourth-order valence-corrected chi connectivity index (χ4v) is 5.27. The molecule has 0 unspecified atom stereocenters. The van der Waals surface area contributed by atoms with Crippen LogP contribution in [0.1, 0.15) is 39.1 Å². The van der Waals surface area contributed by atoms with E-state index in [1.807, 2.05) is 4.90 Å². The Hall–Kier alpha value is -4.25. The van der Waals surface area contributed by atoms with Crippen molar-refractivity contribution >= 4 is 46.5 Å². The van der Waals surface area contributed by atoms with Gasteiger partial charge in [-0.05, 0) is 73.5 Å². The topological polar surface area (TPSA) is 85.0 Å². The highest BCUT2D eigenvalue weighted by Gasteiger charge is 2.31. The summed E-state index contributed by atoms with van der Waals surface area (Å²) in [5, 5.41) is 6.07. The van der Waals surface area contributed by atoms with Gasteiger partial charge in [-0.1, -0.05) is 17.7 Å². The Morgan fingerprint density at radius 1 is 0.738 bits per heavy atom. The lowest BCUT2D eigenvalue weighted by atomic mass is 10.1. The number of hydrogen-bond acceptors (Lipinski definition) is 4. The summed E-state index contributed by atoms with van der Waals surface area (Å²) in [4.78, 5) is 44.6. The second-order valence-corrected chi connectivity index (χ2v) is 10.6. The third-order valence-corrected chi connectivity index (χ3v) is 7.57. The highest BCUT2D eigenvalue weighted by atomic mass is 35.5. The van der Waals surface area contributed by atoms with Gasteiger partial charge >= 0.3 is 12.2 Å². The zero-order valence-corrected chi connectivity index (χ0v) is 23.3. The molecule has 0 saturated carbocycles. The average Bonchev–Trinajstić information content (AvgIpc) is 3.52. The molecule has 2 heterocycles. The third kappa shape index (κ3) is 6.79. The number of amides is 4. The number of rotatable bonds is 5. The fraction of sp³-hybridized carbons (Fsp3) is 0.300. The van der Waals surface area contributed by atoms with E-state index in [2.05, 4.69) is 10.6 Å². The lowest BCUT2D eigenvalue weighted by molar-refractivity contribution is -0.137. The smallest absolute Gasteiger partial charge is 0.367 e. The summed E-state index contributed by atoms with van der Waals surface area (Å²) in [5.74, 6) is -0.746. The van der Waals surface area contributed by atoms with Gasteiger partial charge in [-0.2, -0.15) is 13.2 Å². The van der Waals surface area contributed by atoms with Crippen molar-refractivity contribution < 1.29 is 27.6 Å². The summed E-state index contributed by atoms with van der Waals surface area (Å²) in [7, 11) is 0. The molecule has 2 aliphatic rings. The van der Waals surface area contributed by atoms with Crippen LogP contribution in [0.2, 0.25) is 5.02 Å². The minimum Gasteiger partial charge on any atom is -0.367 e. The standard InChI is InChI=1S/C30H29ClF3N5O3/c31-22-4-3-5-23(18-22)36-29(42)39-16-14-37(15-17-39)26-11-10-24(19-25(26)28(41)38-12-1-2-13-38)35-27(40)20-6-8-21(9-7-20)30(32,33)34/h3-11,18-19H,1-2,12-17H2,(H,35,40)(H,36,42). The number of piperazine rings is 1. The molecule has 0 spiro atoms. The van der Waals surface area contributed by atoms with E-state index < -0.39 is 17.6 Å². The summed E-state index contributed by atoms with van der Waals surface area (Å²) in [6.45, 7) is 3.10. The molecule has 3 aromatic rings. The van der Waals surface area contributed by atoms with Gasteiger partial charge in [-0.25, -0.2) is 4.79 Å². The van der Waals surface area contributed by atoms with Crippen LogP contribution < -0.4 is 15.5 Å². The maximum Gasteiger partial charge on any atom is 0.416 e. The number of nitrogens with zero attached hydrogens (tertiary/aromatic N) is 3. The number of anilines is 3. The van der Waals surface area contributed by atoms with Gasteiger partial charge in [0.2, 0.25) is 0 Å². The molecule has 2 N–H and O–H groups in total. The van der Waals surface area contributed by atoms with Crippen LogP contribution >= 0.6 is 11.6 Å². The summed E-state index contributed by atoms with van der Waals surface area (Å²) in [5.41, 5.74) is 1.27. The highest BCUT2D eigenvalue weighted by Crippen LogP contribution is 2.30. The van der Waals surface area contributed by atoms with Crippen LogP contribution in [0.15, 0.2) is 66.7 Å². The van der Waals surface area contributed by atoms with Crippen LogP contribution in [0.3, 0.4) is 0 Å². The predicted octanol–water partition coefficient (Wildman–Crippen LogP) is 6.20. The first-order valence-electron chi connectivity index (χ1n) is 13.6. The Labute approximate surface area is 246 Å².